The molecule has 0 bridgehead atoms. The van der Waals surface area contributed by atoms with Gasteiger partial charge in [0, 0.05) is 5.69 Å². The highest BCUT2D eigenvalue weighted by Gasteiger charge is 2.22. The van der Waals surface area contributed by atoms with E-state index in [9.17, 15) is 4.79 Å². The predicted molar refractivity (Wildman–Crippen MR) is 56.0 cm³/mol. The van der Waals surface area contributed by atoms with E-state index >= 15 is 0 Å². The van der Waals surface area contributed by atoms with Crippen LogP contribution in [0.5, 0.6) is 0 Å². The van der Waals surface area contributed by atoms with Crippen LogP contribution in [0.1, 0.15) is 5.56 Å². The van der Waals surface area contributed by atoms with Crippen molar-refractivity contribution >= 4 is 23.4 Å². The smallest absolute Gasteiger partial charge is 0.237 e. The largest absolute Gasteiger partial charge is 0.302 e. The van der Waals surface area contributed by atoms with Crippen LogP contribution >= 0.6 is 11.8 Å². The molecule has 1 saturated heterocycles. The molecule has 1 amide bonds. The van der Waals surface area contributed by atoms with Gasteiger partial charge < -0.3 is 4.90 Å². The zero-order valence-corrected chi connectivity index (χ0v) is 8.25. The number of carbonyl (C=O) groups is 1. The Kier molecular flexibility index (Phi) is 2.42. The van der Waals surface area contributed by atoms with Crippen molar-refractivity contribution in [2.45, 2.75) is 0 Å². The van der Waals surface area contributed by atoms with Crippen molar-refractivity contribution in [3.63, 3.8) is 0 Å². The molecule has 1 aromatic carbocycles. The molecule has 0 saturated carbocycles. The Morgan fingerprint density at radius 3 is 3.00 bits per heavy atom. The molecular formula is C10H8N2OS. The second-order valence-electron chi connectivity index (χ2n) is 2.96. The number of carbonyl (C=O) groups excluding carboxylic acids is 1. The topological polar surface area (TPSA) is 44.1 Å². The number of thioether (sulfide) groups is 1. The number of nitrogens with zero attached hydrogens (tertiary/aromatic N) is 2. The van der Waals surface area contributed by atoms with E-state index in [1.54, 1.807) is 34.9 Å². The highest BCUT2D eigenvalue weighted by Crippen LogP contribution is 2.24. The third-order valence-corrected chi connectivity index (χ3v) is 2.93. The van der Waals surface area contributed by atoms with E-state index in [0.717, 1.165) is 5.69 Å². The summed E-state index contributed by atoms with van der Waals surface area (Å²) in [6.45, 7) is 0. The first-order chi connectivity index (χ1) is 6.81. The Balaban J connectivity index is 2.32. The Morgan fingerprint density at radius 2 is 2.36 bits per heavy atom. The molecule has 3 nitrogen and oxygen atoms in total. The molecule has 1 fully saturated rings. The van der Waals surface area contributed by atoms with Gasteiger partial charge in [-0.05, 0) is 18.2 Å². The lowest BCUT2D eigenvalue weighted by atomic mass is 10.2. The number of nitriles is 1. The lowest BCUT2D eigenvalue weighted by molar-refractivity contribution is -0.115. The van der Waals surface area contributed by atoms with Gasteiger partial charge in [-0.15, -0.1) is 11.8 Å². The van der Waals surface area contributed by atoms with Crippen molar-refractivity contribution in [3.05, 3.63) is 29.8 Å². The standard InChI is InChI=1S/C10H8N2OS/c11-5-8-2-1-3-9(4-8)12-7-14-6-10(12)13/h1-4H,6-7H2. The van der Waals surface area contributed by atoms with Crippen LogP contribution in [-0.4, -0.2) is 17.5 Å². The quantitative estimate of drug-likeness (QED) is 0.697. The average molecular weight is 204 g/mol. The molecule has 0 radical (unpaired) electrons. The molecule has 1 aliphatic rings. The van der Waals surface area contributed by atoms with E-state index in [1.807, 2.05) is 6.07 Å². The summed E-state index contributed by atoms with van der Waals surface area (Å²) >= 11 is 1.59. The molecule has 2 rings (SSSR count). The normalized spacial score (nSPS) is 15.6. The summed E-state index contributed by atoms with van der Waals surface area (Å²) < 4.78 is 0. The van der Waals surface area contributed by atoms with E-state index in [4.69, 9.17) is 5.26 Å². The van der Waals surface area contributed by atoms with E-state index in [0.29, 0.717) is 17.2 Å². The fourth-order valence-electron chi connectivity index (χ4n) is 1.34. The average Bonchev–Trinajstić information content (AvgIpc) is 2.65. The molecule has 1 heterocycles. The molecule has 0 atom stereocenters. The van der Waals surface area contributed by atoms with Crippen molar-refractivity contribution in [1.29, 1.82) is 5.26 Å². The first-order valence-corrected chi connectivity index (χ1v) is 5.35. The molecule has 14 heavy (non-hydrogen) atoms. The van der Waals surface area contributed by atoms with Crippen molar-refractivity contribution in [1.82, 2.24) is 0 Å². The summed E-state index contributed by atoms with van der Waals surface area (Å²) in [6.07, 6.45) is 0. The molecule has 1 aromatic rings. The zero-order valence-electron chi connectivity index (χ0n) is 7.43. The van der Waals surface area contributed by atoms with Crippen LogP contribution in [0, 0.1) is 11.3 Å². The van der Waals surface area contributed by atoms with Gasteiger partial charge in [-0.25, -0.2) is 0 Å². The first kappa shape index (κ1) is 9.10. The molecular weight excluding hydrogens is 196 g/mol. The molecule has 70 valence electrons. The monoisotopic (exact) mass is 204 g/mol. The summed E-state index contributed by atoms with van der Waals surface area (Å²) in [5.74, 6) is 1.34. The molecule has 0 N–H and O–H groups in total. The van der Waals surface area contributed by atoms with E-state index in [-0.39, 0.29) is 5.91 Å². The number of amides is 1. The Bertz CT molecular complexity index is 411. The minimum atomic E-state index is 0.116. The summed E-state index contributed by atoms with van der Waals surface area (Å²) in [4.78, 5) is 13.1. The number of hydrogen-bond acceptors (Lipinski definition) is 3. The molecule has 4 heteroatoms. The molecule has 0 spiro atoms. The van der Waals surface area contributed by atoms with Gasteiger partial charge in [-0.2, -0.15) is 5.26 Å². The van der Waals surface area contributed by atoms with Crippen LogP contribution in [0.25, 0.3) is 0 Å². The van der Waals surface area contributed by atoms with Gasteiger partial charge in [0.1, 0.15) is 0 Å². The highest BCUT2D eigenvalue weighted by atomic mass is 32.2. The van der Waals surface area contributed by atoms with Gasteiger partial charge in [0.15, 0.2) is 0 Å². The molecule has 0 aliphatic carbocycles. The van der Waals surface area contributed by atoms with Crippen LogP contribution in [0.4, 0.5) is 5.69 Å². The van der Waals surface area contributed by atoms with Crippen molar-refractivity contribution < 1.29 is 4.79 Å². The fraction of sp³-hybridized carbons (Fsp3) is 0.200. The summed E-state index contributed by atoms with van der Waals surface area (Å²) in [5.41, 5.74) is 1.41. The minimum Gasteiger partial charge on any atom is -0.302 e. The number of benzene rings is 1. The van der Waals surface area contributed by atoms with Crippen molar-refractivity contribution in [2.24, 2.45) is 0 Å². The van der Waals surface area contributed by atoms with Crippen molar-refractivity contribution in [2.75, 3.05) is 16.5 Å². The Labute approximate surface area is 86.3 Å². The van der Waals surface area contributed by atoms with Gasteiger partial charge in [0.2, 0.25) is 5.91 Å². The maximum atomic E-state index is 11.4. The van der Waals surface area contributed by atoms with Crippen LogP contribution in [0.15, 0.2) is 24.3 Å². The van der Waals surface area contributed by atoms with Gasteiger partial charge in [0.05, 0.1) is 23.3 Å². The van der Waals surface area contributed by atoms with Gasteiger partial charge in [0.25, 0.3) is 0 Å². The van der Waals surface area contributed by atoms with Crippen LogP contribution in [0.2, 0.25) is 0 Å². The van der Waals surface area contributed by atoms with Crippen molar-refractivity contribution in [3.8, 4) is 6.07 Å². The minimum absolute atomic E-state index is 0.116. The SMILES string of the molecule is N#Cc1cccc(N2CSCC2=O)c1. The van der Waals surface area contributed by atoms with Gasteiger partial charge in [-0.1, -0.05) is 6.07 Å². The number of anilines is 1. The first-order valence-electron chi connectivity index (χ1n) is 4.19. The maximum Gasteiger partial charge on any atom is 0.237 e. The fourth-order valence-corrected chi connectivity index (χ4v) is 2.23. The van der Waals surface area contributed by atoms with Crippen LogP contribution < -0.4 is 4.90 Å². The third kappa shape index (κ3) is 1.59. The summed E-state index contributed by atoms with van der Waals surface area (Å²) in [5, 5.41) is 8.71. The zero-order chi connectivity index (χ0) is 9.97. The van der Waals surface area contributed by atoms with E-state index in [1.165, 1.54) is 0 Å². The number of rotatable bonds is 1. The molecule has 1 aliphatic heterocycles. The summed E-state index contributed by atoms with van der Waals surface area (Å²) in [6, 6.07) is 9.18. The Morgan fingerprint density at radius 1 is 1.50 bits per heavy atom. The molecule has 0 aromatic heterocycles. The predicted octanol–water partition coefficient (Wildman–Crippen LogP) is 1.60. The lowest BCUT2D eigenvalue weighted by Gasteiger charge is -2.14. The molecule has 0 unspecified atom stereocenters. The second kappa shape index (κ2) is 3.72. The Hall–Kier alpha value is -1.47. The van der Waals surface area contributed by atoms with E-state index in [2.05, 4.69) is 6.07 Å². The van der Waals surface area contributed by atoms with Gasteiger partial charge >= 0.3 is 0 Å². The second-order valence-corrected chi connectivity index (χ2v) is 3.92. The maximum absolute atomic E-state index is 11.4. The van der Waals surface area contributed by atoms with E-state index < -0.39 is 0 Å². The van der Waals surface area contributed by atoms with Crippen LogP contribution in [0.3, 0.4) is 0 Å². The lowest BCUT2D eigenvalue weighted by Crippen LogP contribution is -2.24. The summed E-state index contributed by atoms with van der Waals surface area (Å²) in [7, 11) is 0. The van der Waals surface area contributed by atoms with Crippen LogP contribution in [-0.2, 0) is 4.79 Å². The highest BCUT2D eigenvalue weighted by molar-refractivity contribution is 8.00. The third-order valence-electron chi connectivity index (χ3n) is 2.03. The van der Waals surface area contributed by atoms with Gasteiger partial charge in [-0.3, -0.25) is 4.79 Å². The number of hydrogen-bond donors (Lipinski definition) is 0.